The molecule has 0 saturated carbocycles. The molecule has 0 aliphatic heterocycles. The molecule has 0 unspecified atom stereocenters. The van der Waals surface area contributed by atoms with Crippen LogP contribution in [0.3, 0.4) is 0 Å². The summed E-state index contributed by atoms with van der Waals surface area (Å²) >= 11 is 0. The monoisotopic (exact) mass is 320 g/mol. The largest absolute Gasteiger partial charge is 0.488 e. The smallest absolute Gasteiger partial charge is 0.423 e. The van der Waals surface area contributed by atoms with Gasteiger partial charge in [-0.1, -0.05) is 42.5 Å². The van der Waals surface area contributed by atoms with E-state index in [2.05, 4.69) is 10.1 Å². The lowest BCUT2D eigenvalue weighted by molar-refractivity contribution is 0.426. The third-order valence-electron chi connectivity index (χ3n) is 3.59. The fraction of sp³-hybridized carbons (Fsp3) is 0.0588. The zero-order valence-electron chi connectivity index (χ0n) is 13.2. The highest BCUT2D eigenvalue weighted by molar-refractivity contribution is 6.58. The molecule has 0 spiro atoms. The maximum atomic E-state index is 9.15. The number of aryl methyl sites for hydroxylation is 1. The first kappa shape index (κ1) is 16.0. The topological polar surface area (TPSA) is 96.7 Å². The maximum absolute atomic E-state index is 9.15. The standard InChI is InChI=1S/C17H17BN4O2/c1-12-11-22(17(19)21-12)20-10-13-3-2-4-15(9-13)14-5-7-16(8-6-14)18(23)24/h2-11,23-24H,1H3,(H2,19,21). The van der Waals surface area contributed by atoms with E-state index >= 15 is 0 Å². The van der Waals surface area contributed by atoms with Gasteiger partial charge >= 0.3 is 7.12 Å². The van der Waals surface area contributed by atoms with Crippen molar-refractivity contribution in [3.05, 3.63) is 66.0 Å². The summed E-state index contributed by atoms with van der Waals surface area (Å²) in [7, 11) is -1.46. The minimum Gasteiger partial charge on any atom is -0.423 e. The Morgan fingerprint density at radius 2 is 1.88 bits per heavy atom. The SMILES string of the molecule is Cc1cn(N=Cc2cccc(-c3ccc(B(O)O)cc3)c2)c(N)n1. The molecule has 120 valence electrons. The lowest BCUT2D eigenvalue weighted by atomic mass is 9.80. The van der Waals surface area contributed by atoms with Crippen molar-refractivity contribution >= 4 is 24.7 Å². The lowest BCUT2D eigenvalue weighted by Gasteiger charge is -2.05. The zero-order chi connectivity index (χ0) is 17.1. The van der Waals surface area contributed by atoms with Crippen molar-refractivity contribution in [3.63, 3.8) is 0 Å². The Morgan fingerprint density at radius 1 is 1.12 bits per heavy atom. The fourth-order valence-electron chi connectivity index (χ4n) is 2.37. The number of nitrogens with zero attached hydrogens (tertiary/aromatic N) is 3. The summed E-state index contributed by atoms with van der Waals surface area (Å²) in [6.07, 6.45) is 3.47. The van der Waals surface area contributed by atoms with Crippen LogP contribution in [0.1, 0.15) is 11.3 Å². The highest BCUT2D eigenvalue weighted by atomic mass is 16.4. The number of benzene rings is 2. The molecule has 0 amide bonds. The van der Waals surface area contributed by atoms with Gasteiger partial charge in [0.05, 0.1) is 18.1 Å². The molecule has 7 heteroatoms. The van der Waals surface area contributed by atoms with Crippen LogP contribution >= 0.6 is 0 Å². The van der Waals surface area contributed by atoms with E-state index in [4.69, 9.17) is 15.8 Å². The van der Waals surface area contributed by atoms with Gasteiger partial charge in [-0.3, -0.25) is 0 Å². The van der Waals surface area contributed by atoms with Crippen LogP contribution in [-0.4, -0.2) is 33.0 Å². The van der Waals surface area contributed by atoms with Crippen LogP contribution in [-0.2, 0) is 0 Å². The molecule has 0 bridgehead atoms. The van der Waals surface area contributed by atoms with Crippen LogP contribution in [0.25, 0.3) is 11.1 Å². The van der Waals surface area contributed by atoms with Crippen molar-refractivity contribution in [1.29, 1.82) is 0 Å². The molecular formula is C17H17BN4O2. The summed E-state index contributed by atoms with van der Waals surface area (Å²) in [5.41, 5.74) is 9.94. The minimum atomic E-state index is -1.46. The van der Waals surface area contributed by atoms with Gasteiger partial charge in [0.1, 0.15) is 0 Å². The summed E-state index contributed by atoms with van der Waals surface area (Å²) in [6, 6.07) is 14.9. The average Bonchev–Trinajstić information content (AvgIpc) is 2.91. The molecular weight excluding hydrogens is 303 g/mol. The highest BCUT2D eigenvalue weighted by Gasteiger charge is 2.10. The van der Waals surface area contributed by atoms with E-state index in [0.29, 0.717) is 11.4 Å². The van der Waals surface area contributed by atoms with Crippen molar-refractivity contribution in [2.45, 2.75) is 6.92 Å². The van der Waals surface area contributed by atoms with E-state index in [0.717, 1.165) is 22.4 Å². The van der Waals surface area contributed by atoms with Gasteiger partial charge in [-0.25, -0.2) is 9.66 Å². The molecule has 0 radical (unpaired) electrons. The normalized spacial score (nSPS) is 11.1. The number of rotatable bonds is 4. The van der Waals surface area contributed by atoms with Gasteiger partial charge in [0.2, 0.25) is 5.95 Å². The van der Waals surface area contributed by atoms with Gasteiger partial charge < -0.3 is 15.8 Å². The molecule has 1 aromatic heterocycles. The predicted molar refractivity (Wildman–Crippen MR) is 96.1 cm³/mol. The third-order valence-corrected chi connectivity index (χ3v) is 3.59. The van der Waals surface area contributed by atoms with Gasteiger partial charge in [-0.2, -0.15) is 5.10 Å². The molecule has 0 aliphatic rings. The summed E-state index contributed by atoms with van der Waals surface area (Å²) in [4.78, 5) is 4.10. The second kappa shape index (κ2) is 6.70. The molecule has 0 atom stereocenters. The third kappa shape index (κ3) is 3.53. The van der Waals surface area contributed by atoms with E-state index in [9.17, 15) is 0 Å². The van der Waals surface area contributed by atoms with Crippen LogP contribution in [0.2, 0.25) is 0 Å². The first-order chi connectivity index (χ1) is 11.5. The van der Waals surface area contributed by atoms with Crippen LogP contribution in [0.5, 0.6) is 0 Å². The van der Waals surface area contributed by atoms with Crippen molar-refractivity contribution in [3.8, 4) is 11.1 Å². The summed E-state index contributed by atoms with van der Waals surface area (Å²) < 4.78 is 1.53. The Bertz CT molecular complexity index is 873. The van der Waals surface area contributed by atoms with Crippen LogP contribution < -0.4 is 11.2 Å². The van der Waals surface area contributed by atoms with Crippen molar-refractivity contribution in [2.75, 3.05) is 5.73 Å². The maximum Gasteiger partial charge on any atom is 0.488 e. The highest BCUT2D eigenvalue weighted by Crippen LogP contribution is 2.19. The molecule has 2 aromatic carbocycles. The summed E-state index contributed by atoms with van der Waals surface area (Å²) in [5, 5.41) is 22.6. The van der Waals surface area contributed by atoms with E-state index in [-0.39, 0.29) is 0 Å². The zero-order valence-corrected chi connectivity index (χ0v) is 13.2. The summed E-state index contributed by atoms with van der Waals surface area (Å²) in [5.74, 6) is 0.345. The van der Waals surface area contributed by atoms with Gasteiger partial charge in [0.15, 0.2) is 0 Å². The van der Waals surface area contributed by atoms with Gasteiger partial charge in [-0.05, 0) is 35.1 Å². The molecule has 1 heterocycles. The molecule has 3 rings (SSSR count). The van der Waals surface area contributed by atoms with Crippen LogP contribution in [0, 0.1) is 6.92 Å². The number of imidazole rings is 1. The average molecular weight is 320 g/mol. The van der Waals surface area contributed by atoms with E-state index in [1.165, 1.54) is 4.68 Å². The number of aromatic nitrogens is 2. The number of anilines is 1. The number of hydrogen-bond donors (Lipinski definition) is 3. The Morgan fingerprint density at radius 3 is 2.50 bits per heavy atom. The summed E-state index contributed by atoms with van der Waals surface area (Å²) in [6.45, 7) is 1.86. The predicted octanol–water partition coefficient (Wildman–Crippen LogP) is 1.00. The van der Waals surface area contributed by atoms with Gasteiger partial charge in [-0.15, -0.1) is 0 Å². The number of nitrogens with two attached hydrogens (primary N) is 1. The van der Waals surface area contributed by atoms with Crippen molar-refractivity contribution in [1.82, 2.24) is 9.66 Å². The van der Waals surface area contributed by atoms with Gasteiger partial charge in [0, 0.05) is 0 Å². The Kier molecular flexibility index (Phi) is 4.46. The lowest BCUT2D eigenvalue weighted by Crippen LogP contribution is -2.29. The number of hydrogen-bond acceptors (Lipinski definition) is 5. The Balaban J connectivity index is 1.85. The molecule has 4 N–H and O–H groups in total. The molecule has 0 fully saturated rings. The molecule has 0 saturated heterocycles. The van der Waals surface area contributed by atoms with E-state index < -0.39 is 7.12 Å². The minimum absolute atomic E-state index is 0.345. The molecule has 0 aliphatic carbocycles. The van der Waals surface area contributed by atoms with Crippen molar-refractivity contribution in [2.24, 2.45) is 5.10 Å². The molecule has 24 heavy (non-hydrogen) atoms. The Hall–Kier alpha value is -2.90. The molecule has 6 nitrogen and oxygen atoms in total. The van der Waals surface area contributed by atoms with E-state index in [1.54, 1.807) is 24.5 Å². The van der Waals surface area contributed by atoms with Crippen LogP contribution in [0.4, 0.5) is 5.95 Å². The first-order valence-electron chi connectivity index (χ1n) is 7.45. The van der Waals surface area contributed by atoms with Crippen molar-refractivity contribution < 1.29 is 10.0 Å². The van der Waals surface area contributed by atoms with E-state index in [1.807, 2.05) is 43.3 Å². The quantitative estimate of drug-likeness (QED) is 0.493. The second-order valence-corrected chi connectivity index (χ2v) is 5.45. The number of nitrogen functional groups attached to an aromatic ring is 1. The molecule has 3 aromatic rings. The Labute approximate surface area is 140 Å². The fourth-order valence-corrected chi connectivity index (χ4v) is 2.37. The van der Waals surface area contributed by atoms with Crippen LogP contribution in [0.15, 0.2) is 59.8 Å². The second-order valence-electron chi connectivity index (χ2n) is 5.45. The first-order valence-corrected chi connectivity index (χ1v) is 7.45. The van der Waals surface area contributed by atoms with Gasteiger partial charge in [0.25, 0.3) is 0 Å².